The van der Waals surface area contributed by atoms with Crippen molar-refractivity contribution < 1.29 is 0 Å². The molecule has 3 N–H and O–H groups in total. The number of rotatable bonds is 10. The van der Waals surface area contributed by atoms with E-state index in [9.17, 15) is 0 Å². The van der Waals surface area contributed by atoms with Crippen LogP contribution >= 0.6 is 11.3 Å². The average molecular weight is 269 g/mol. The Kier molecular flexibility index (Phi) is 8.22. The van der Waals surface area contributed by atoms with Gasteiger partial charge in [-0.3, -0.25) is 0 Å². The van der Waals surface area contributed by atoms with E-state index in [0.29, 0.717) is 6.54 Å². The van der Waals surface area contributed by atoms with Gasteiger partial charge < -0.3 is 11.1 Å². The third-order valence-electron chi connectivity index (χ3n) is 3.24. The monoisotopic (exact) mass is 269 g/mol. The zero-order valence-electron chi connectivity index (χ0n) is 11.7. The number of hydrogen-bond donors (Lipinski definition) is 2. The van der Waals surface area contributed by atoms with Gasteiger partial charge in [-0.25, -0.2) is 4.98 Å². The van der Waals surface area contributed by atoms with E-state index < -0.39 is 0 Å². The lowest BCUT2D eigenvalue weighted by Gasteiger charge is -2.14. The van der Waals surface area contributed by atoms with Gasteiger partial charge in [0.25, 0.3) is 0 Å². The Morgan fingerprint density at radius 3 is 2.94 bits per heavy atom. The smallest absolute Gasteiger partial charge is 0.0941 e. The maximum atomic E-state index is 5.53. The second-order valence-electron chi connectivity index (χ2n) is 4.82. The van der Waals surface area contributed by atoms with Crippen molar-refractivity contribution in [2.75, 3.05) is 13.1 Å². The van der Waals surface area contributed by atoms with E-state index in [2.05, 4.69) is 29.5 Å². The van der Waals surface area contributed by atoms with E-state index in [1.165, 1.54) is 25.7 Å². The van der Waals surface area contributed by atoms with Gasteiger partial charge in [-0.15, -0.1) is 11.3 Å². The largest absolute Gasteiger partial charge is 0.330 e. The highest BCUT2D eigenvalue weighted by atomic mass is 32.1. The molecule has 0 amide bonds. The standard InChI is InChI=1S/C14H27N3S/c1-3-5-6-12(4-2)9-16-10-13-11-18-14(17-13)7-8-15/h11-12,16H,3-10,15H2,1-2H3. The molecule has 3 nitrogen and oxygen atoms in total. The Bertz CT molecular complexity index is 312. The van der Waals surface area contributed by atoms with Crippen LogP contribution < -0.4 is 11.1 Å². The summed E-state index contributed by atoms with van der Waals surface area (Å²) in [4.78, 5) is 4.56. The van der Waals surface area contributed by atoms with Crippen LogP contribution in [0.5, 0.6) is 0 Å². The molecular weight excluding hydrogens is 242 g/mol. The Labute approximate surface area is 115 Å². The second-order valence-corrected chi connectivity index (χ2v) is 5.76. The van der Waals surface area contributed by atoms with Gasteiger partial charge in [-0.2, -0.15) is 0 Å². The molecule has 1 rings (SSSR count). The zero-order chi connectivity index (χ0) is 13.2. The van der Waals surface area contributed by atoms with Crippen LogP contribution in [0.3, 0.4) is 0 Å². The molecule has 0 aromatic carbocycles. The van der Waals surface area contributed by atoms with Crippen molar-refractivity contribution in [1.82, 2.24) is 10.3 Å². The molecule has 104 valence electrons. The highest BCUT2D eigenvalue weighted by molar-refractivity contribution is 7.09. The molecule has 18 heavy (non-hydrogen) atoms. The maximum absolute atomic E-state index is 5.53. The van der Waals surface area contributed by atoms with E-state index in [4.69, 9.17) is 5.73 Å². The average Bonchev–Trinajstić information content (AvgIpc) is 2.82. The first-order valence-corrected chi connectivity index (χ1v) is 8.02. The fourth-order valence-corrected chi connectivity index (χ4v) is 2.83. The van der Waals surface area contributed by atoms with Crippen molar-refractivity contribution in [3.63, 3.8) is 0 Å². The highest BCUT2D eigenvalue weighted by Gasteiger charge is 2.06. The Morgan fingerprint density at radius 2 is 2.28 bits per heavy atom. The first-order chi connectivity index (χ1) is 8.80. The number of thiazole rings is 1. The number of aromatic nitrogens is 1. The number of unbranched alkanes of at least 4 members (excludes halogenated alkanes) is 1. The van der Waals surface area contributed by atoms with E-state index in [0.717, 1.165) is 36.1 Å². The lowest BCUT2D eigenvalue weighted by atomic mass is 9.99. The lowest BCUT2D eigenvalue weighted by Crippen LogP contribution is -2.22. The predicted molar refractivity (Wildman–Crippen MR) is 79.9 cm³/mol. The van der Waals surface area contributed by atoms with Crippen molar-refractivity contribution >= 4 is 11.3 Å². The van der Waals surface area contributed by atoms with Gasteiger partial charge in [-0.1, -0.05) is 33.1 Å². The van der Waals surface area contributed by atoms with E-state index in [1.54, 1.807) is 11.3 Å². The summed E-state index contributed by atoms with van der Waals surface area (Å²) in [6.45, 7) is 7.23. The van der Waals surface area contributed by atoms with Crippen LogP contribution in [0.1, 0.15) is 50.2 Å². The molecule has 0 bridgehead atoms. The van der Waals surface area contributed by atoms with Crippen LogP contribution in [-0.2, 0) is 13.0 Å². The van der Waals surface area contributed by atoms with Crippen LogP contribution in [0.25, 0.3) is 0 Å². The summed E-state index contributed by atoms with van der Waals surface area (Å²) in [6, 6.07) is 0. The van der Waals surface area contributed by atoms with Crippen molar-refractivity contribution in [2.45, 2.75) is 52.5 Å². The molecule has 4 heteroatoms. The molecule has 0 spiro atoms. The Hall–Kier alpha value is -0.450. The summed E-state index contributed by atoms with van der Waals surface area (Å²) in [7, 11) is 0. The van der Waals surface area contributed by atoms with Crippen LogP contribution in [0, 0.1) is 5.92 Å². The molecule has 0 radical (unpaired) electrons. The van der Waals surface area contributed by atoms with Gasteiger partial charge in [-0.05, 0) is 25.4 Å². The number of nitrogens with one attached hydrogen (secondary N) is 1. The molecule has 0 fully saturated rings. The fraction of sp³-hybridized carbons (Fsp3) is 0.786. The van der Waals surface area contributed by atoms with Gasteiger partial charge in [0, 0.05) is 18.3 Å². The first-order valence-electron chi connectivity index (χ1n) is 7.14. The second kappa shape index (κ2) is 9.48. The third-order valence-corrected chi connectivity index (χ3v) is 4.20. The van der Waals surface area contributed by atoms with Crippen LogP contribution in [0.4, 0.5) is 0 Å². The van der Waals surface area contributed by atoms with Crippen molar-refractivity contribution in [3.05, 3.63) is 16.1 Å². The molecule has 1 aromatic heterocycles. The molecule has 1 heterocycles. The minimum atomic E-state index is 0.690. The predicted octanol–water partition coefficient (Wildman–Crippen LogP) is 2.95. The van der Waals surface area contributed by atoms with Gasteiger partial charge in [0.15, 0.2) is 0 Å². The van der Waals surface area contributed by atoms with Crippen molar-refractivity contribution in [1.29, 1.82) is 0 Å². The molecule has 1 unspecified atom stereocenters. The molecule has 0 aliphatic heterocycles. The van der Waals surface area contributed by atoms with Crippen LogP contribution in [0.2, 0.25) is 0 Å². The number of nitrogens with two attached hydrogens (primary N) is 1. The number of hydrogen-bond acceptors (Lipinski definition) is 4. The summed E-state index contributed by atoms with van der Waals surface area (Å²) in [5.74, 6) is 0.812. The molecule has 1 atom stereocenters. The summed E-state index contributed by atoms with van der Waals surface area (Å²) in [5.41, 5.74) is 6.69. The lowest BCUT2D eigenvalue weighted by molar-refractivity contribution is 0.418. The van der Waals surface area contributed by atoms with Gasteiger partial charge in [0.2, 0.25) is 0 Å². The van der Waals surface area contributed by atoms with E-state index in [-0.39, 0.29) is 0 Å². The SMILES string of the molecule is CCCCC(CC)CNCc1csc(CCN)n1. The van der Waals surface area contributed by atoms with E-state index >= 15 is 0 Å². The summed E-state index contributed by atoms with van der Waals surface area (Å²) in [6.07, 6.45) is 6.15. The van der Waals surface area contributed by atoms with Crippen molar-refractivity contribution in [2.24, 2.45) is 11.7 Å². The highest BCUT2D eigenvalue weighted by Crippen LogP contribution is 2.12. The summed E-state index contributed by atoms with van der Waals surface area (Å²) < 4.78 is 0. The van der Waals surface area contributed by atoms with Crippen LogP contribution in [-0.4, -0.2) is 18.1 Å². The maximum Gasteiger partial charge on any atom is 0.0941 e. The molecule has 0 saturated heterocycles. The summed E-state index contributed by atoms with van der Waals surface area (Å²) >= 11 is 1.72. The van der Waals surface area contributed by atoms with Gasteiger partial charge in [0.1, 0.15) is 0 Å². The Balaban J connectivity index is 2.22. The number of nitrogens with zero attached hydrogens (tertiary/aromatic N) is 1. The molecule has 0 saturated carbocycles. The molecule has 1 aromatic rings. The fourth-order valence-electron chi connectivity index (χ4n) is 2.02. The first kappa shape index (κ1) is 15.6. The van der Waals surface area contributed by atoms with E-state index in [1.807, 2.05) is 0 Å². The van der Waals surface area contributed by atoms with Gasteiger partial charge >= 0.3 is 0 Å². The molecule has 0 aliphatic carbocycles. The van der Waals surface area contributed by atoms with Crippen molar-refractivity contribution in [3.8, 4) is 0 Å². The van der Waals surface area contributed by atoms with Crippen LogP contribution in [0.15, 0.2) is 5.38 Å². The Morgan fingerprint density at radius 1 is 1.44 bits per heavy atom. The third kappa shape index (κ3) is 5.94. The quantitative estimate of drug-likeness (QED) is 0.686. The normalized spacial score (nSPS) is 12.8. The summed E-state index contributed by atoms with van der Waals surface area (Å²) in [5, 5.41) is 6.83. The molecular formula is C14H27N3S. The minimum absolute atomic E-state index is 0.690. The van der Waals surface area contributed by atoms with Gasteiger partial charge in [0.05, 0.1) is 10.7 Å². The molecule has 0 aliphatic rings. The zero-order valence-corrected chi connectivity index (χ0v) is 12.6. The minimum Gasteiger partial charge on any atom is -0.330 e. The topological polar surface area (TPSA) is 50.9 Å².